The summed E-state index contributed by atoms with van der Waals surface area (Å²) in [5, 5.41) is 3.02. The molecule has 0 radical (unpaired) electrons. The molecule has 1 aromatic carbocycles. The molecule has 3 heterocycles. The van der Waals surface area contributed by atoms with Crippen LogP contribution in [0.5, 0.6) is 0 Å². The molecule has 6 nitrogen and oxygen atoms in total. The average molecular weight is 435 g/mol. The van der Waals surface area contributed by atoms with E-state index in [0.717, 1.165) is 55.8 Å². The fourth-order valence-corrected chi connectivity index (χ4v) is 5.22. The zero-order chi connectivity index (χ0) is 22.7. The number of likely N-dealkylation sites (tertiary alicyclic amines) is 2. The van der Waals surface area contributed by atoms with Crippen LogP contribution in [0.25, 0.3) is 0 Å². The Morgan fingerprint density at radius 1 is 1.09 bits per heavy atom. The van der Waals surface area contributed by atoms with Crippen molar-refractivity contribution in [3.8, 4) is 0 Å². The van der Waals surface area contributed by atoms with Crippen LogP contribution in [-0.2, 0) is 4.79 Å². The van der Waals surface area contributed by atoms with Gasteiger partial charge in [-0.2, -0.15) is 0 Å². The fourth-order valence-electron chi connectivity index (χ4n) is 5.22. The highest BCUT2D eigenvalue weighted by Crippen LogP contribution is 2.35. The predicted octanol–water partition coefficient (Wildman–Crippen LogP) is 3.15. The van der Waals surface area contributed by atoms with Gasteiger partial charge < -0.3 is 10.2 Å². The monoisotopic (exact) mass is 434 g/mol. The molecule has 0 spiro atoms. The molecule has 6 heteroatoms. The van der Waals surface area contributed by atoms with Crippen LogP contribution in [0.2, 0.25) is 0 Å². The standard InChI is InChI=1S/C26H34N4O2/c1-18-9-12-27-19(2)25(18)26(32)29-13-10-23(11-14-29)30-16-22(17-30)24(15-28-20(3)31)21-7-5-4-6-8-21/h4-9,12,22-24H,10-11,13-17H2,1-3H3,(H,28,31). The summed E-state index contributed by atoms with van der Waals surface area (Å²) < 4.78 is 0. The van der Waals surface area contributed by atoms with Crippen molar-refractivity contribution in [2.24, 2.45) is 5.92 Å². The lowest BCUT2D eigenvalue weighted by Crippen LogP contribution is -2.57. The third kappa shape index (κ3) is 4.85. The first-order valence-electron chi connectivity index (χ1n) is 11.7. The maximum Gasteiger partial charge on any atom is 0.255 e. The lowest BCUT2D eigenvalue weighted by atomic mass is 9.79. The Balaban J connectivity index is 1.32. The number of nitrogens with zero attached hydrogens (tertiary/aromatic N) is 3. The predicted molar refractivity (Wildman–Crippen MR) is 126 cm³/mol. The van der Waals surface area contributed by atoms with Gasteiger partial charge in [0.15, 0.2) is 0 Å². The van der Waals surface area contributed by atoms with Crippen molar-refractivity contribution >= 4 is 11.8 Å². The second-order valence-electron chi connectivity index (χ2n) is 9.28. The summed E-state index contributed by atoms with van der Waals surface area (Å²) in [5.74, 6) is 1.03. The Morgan fingerprint density at radius 2 is 1.78 bits per heavy atom. The van der Waals surface area contributed by atoms with Gasteiger partial charge in [0.05, 0.1) is 11.3 Å². The molecule has 4 rings (SSSR count). The van der Waals surface area contributed by atoms with E-state index in [0.29, 0.717) is 24.4 Å². The number of pyridine rings is 1. The van der Waals surface area contributed by atoms with Gasteiger partial charge in [-0.3, -0.25) is 19.5 Å². The summed E-state index contributed by atoms with van der Waals surface area (Å²) in [6, 6.07) is 13.0. The number of rotatable bonds is 6. The molecular formula is C26H34N4O2. The van der Waals surface area contributed by atoms with Gasteiger partial charge >= 0.3 is 0 Å². The van der Waals surface area contributed by atoms with E-state index in [2.05, 4.69) is 39.5 Å². The molecule has 2 aromatic rings. The highest BCUT2D eigenvalue weighted by Gasteiger charge is 2.39. The smallest absolute Gasteiger partial charge is 0.255 e. The lowest BCUT2D eigenvalue weighted by Gasteiger charge is -2.49. The number of carbonyl (C=O) groups excluding carboxylic acids is 2. The van der Waals surface area contributed by atoms with Gasteiger partial charge in [-0.25, -0.2) is 0 Å². The molecular weight excluding hydrogens is 400 g/mol. The summed E-state index contributed by atoms with van der Waals surface area (Å²) >= 11 is 0. The molecule has 2 fully saturated rings. The largest absolute Gasteiger partial charge is 0.356 e. The first-order valence-corrected chi connectivity index (χ1v) is 11.7. The van der Waals surface area contributed by atoms with Crippen LogP contribution in [0.1, 0.15) is 52.9 Å². The van der Waals surface area contributed by atoms with Crippen molar-refractivity contribution in [2.45, 2.75) is 45.6 Å². The van der Waals surface area contributed by atoms with Gasteiger partial charge in [0.2, 0.25) is 5.91 Å². The van der Waals surface area contributed by atoms with E-state index in [1.807, 2.05) is 30.9 Å². The molecule has 32 heavy (non-hydrogen) atoms. The van der Waals surface area contributed by atoms with Crippen LogP contribution in [0.4, 0.5) is 0 Å². The van der Waals surface area contributed by atoms with Crippen LogP contribution < -0.4 is 5.32 Å². The number of aryl methyl sites for hydroxylation is 2. The molecule has 0 saturated carbocycles. The van der Waals surface area contributed by atoms with E-state index in [9.17, 15) is 9.59 Å². The highest BCUT2D eigenvalue weighted by atomic mass is 16.2. The van der Waals surface area contributed by atoms with E-state index >= 15 is 0 Å². The van der Waals surface area contributed by atoms with Crippen molar-refractivity contribution in [3.63, 3.8) is 0 Å². The van der Waals surface area contributed by atoms with E-state index < -0.39 is 0 Å². The van der Waals surface area contributed by atoms with E-state index in [1.54, 1.807) is 13.1 Å². The normalized spacial score (nSPS) is 18.8. The van der Waals surface area contributed by atoms with Crippen LogP contribution in [0.3, 0.4) is 0 Å². The topological polar surface area (TPSA) is 65.5 Å². The second-order valence-corrected chi connectivity index (χ2v) is 9.28. The van der Waals surface area contributed by atoms with Gasteiger partial charge in [-0.15, -0.1) is 0 Å². The minimum Gasteiger partial charge on any atom is -0.356 e. The highest BCUT2D eigenvalue weighted by molar-refractivity contribution is 5.96. The molecule has 2 amide bonds. The van der Waals surface area contributed by atoms with E-state index in [4.69, 9.17) is 0 Å². The molecule has 0 bridgehead atoms. The van der Waals surface area contributed by atoms with Crippen molar-refractivity contribution in [2.75, 3.05) is 32.7 Å². The molecule has 2 saturated heterocycles. The summed E-state index contributed by atoms with van der Waals surface area (Å²) in [4.78, 5) is 33.4. The number of hydrogen-bond acceptors (Lipinski definition) is 4. The molecule has 1 unspecified atom stereocenters. The first-order chi connectivity index (χ1) is 15.4. The number of aromatic nitrogens is 1. The van der Waals surface area contributed by atoms with Gasteiger partial charge in [0.25, 0.3) is 5.91 Å². The Bertz CT molecular complexity index is 927. The average Bonchev–Trinajstić information content (AvgIpc) is 2.75. The molecule has 1 aromatic heterocycles. The SMILES string of the molecule is CC(=O)NCC(c1ccccc1)C1CN(C2CCN(C(=O)c3c(C)ccnc3C)CC2)C1. The van der Waals surface area contributed by atoms with Crippen LogP contribution in [0.15, 0.2) is 42.6 Å². The second kappa shape index (κ2) is 9.82. The summed E-state index contributed by atoms with van der Waals surface area (Å²) in [5.41, 5.74) is 3.88. The fraction of sp³-hybridized carbons (Fsp3) is 0.500. The van der Waals surface area contributed by atoms with Crippen LogP contribution >= 0.6 is 0 Å². The number of carbonyl (C=O) groups is 2. The zero-order valence-corrected chi connectivity index (χ0v) is 19.4. The maximum absolute atomic E-state index is 13.1. The van der Waals surface area contributed by atoms with Gasteiger partial charge in [-0.05, 0) is 49.8 Å². The van der Waals surface area contributed by atoms with E-state index in [1.165, 1.54) is 5.56 Å². The number of hydrogen-bond donors (Lipinski definition) is 1. The van der Waals surface area contributed by atoms with Gasteiger partial charge in [0, 0.05) is 57.8 Å². The molecule has 1 N–H and O–H groups in total. The van der Waals surface area contributed by atoms with Crippen molar-refractivity contribution in [3.05, 3.63) is 65.0 Å². The van der Waals surface area contributed by atoms with Crippen molar-refractivity contribution in [1.29, 1.82) is 0 Å². The molecule has 2 aliphatic rings. The number of amides is 2. The molecule has 170 valence electrons. The molecule has 0 aliphatic carbocycles. The minimum atomic E-state index is 0.0261. The first kappa shape index (κ1) is 22.5. The number of benzene rings is 1. The lowest BCUT2D eigenvalue weighted by molar-refractivity contribution is -0.119. The van der Waals surface area contributed by atoms with Crippen molar-refractivity contribution in [1.82, 2.24) is 20.1 Å². The zero-order valence-electron chi connectivity index (χ0n) is 19.4. The third-order valence-electron chi connectivity index (χ3n) is 7.14. The van der Waals surface area contributed by atoms with Gasteiger partial charge in [0.1, 0.15) is 0 Å². The molecule has 2 aliphatic heterocycles. The van der Waals surface area contributed by atoms with E-state index in [-0.39, 0.29) is 11.8 Å². The maximum atomic E-state index is 13.1. The van der Waals surface area contributed by atoms with Crippen LogP contribution in [0, 0.1) is 19.8 Å². The summed E-state index contributed by atoms with van der Waals surface area (Å²) in [6.45, 7) is 9.87. The summed E-state index contributed by atoms with van der Waals surface area (Å²) in [6.07, 6.45) is 3.79. The third-order valence-corrected chi connectivity index (χ3v) is 7.14. The Labute approximate surface area is 191 Å². The van der Waals surface area contributed by atoms with Gasteiger partial charge in [-0.1, -0.05) is 30.3 Å². The Kier molecular flexibility index (Phi) is 6.89. The number of piperidine rings is 1. The Morgan fingerprint density at radius 3 is 2.41 bits per heavy atom. The number of nitrogens with one attached hydrogen (secondary N) is 1. The minimum absolute atomic E-state index is 0.0261. The molecule has 1 atom stereocenters. The quantitative estimate of drug-likeness (QED) is 0.759. The Hall–Kier alpha value is -2.73. The van der Waals surface area contributed by atoms with Crippen LogP contribution in [-0.4, -0.2) is 65.4 Å². The van der Waals surface area contributed by atoms with Crippen molar-refractivity contribution < 1.29 is 9.59 Å². The summed E-state index contributed by atoms with van der Waals surface area (Å²) in [7, 11) is 0.